The van der Waals surface area contributed by atoms with Crippen LogP contribution in [0.3, 0.4) is 0 Å². The van der Waals surface area contributed by atoms with Crippen LogP contribution in [0.5, 0.6) is 0 Å². The predicted molar refractivity (Wildman–Crippen MR) is 89.3 cm³/mol. The minimum atomic E-state index is 0.447. The molecule has 106 valence electrons. The molecule has 0 spiro atoms. The zero-order chi connectivity index (χ0) is 14.1. The molecular formula is C16H19BrN2S. The van der Waals surface area contributed by atoms with Crippen LogP contribution < -0.4 is 5.32 Å². The van der Waals surface area contributed by atoms with E-state index in [2.05, 4.69) is 53.3 Å². The van der Waals surface area contributed by atoms with Crippen LogP contribution in [0, 0.1) is 6.92 Å². The van der Waals surface area contributed by atoms with Crippen molar-refractivity contribution in [3.63, 3.8) is 0 Å². The fourth-order valence-electron chi connectivity index (χ4n) is 2.71. The summed E-state index contributed by atoms with van der Waals surface area (Å²) >= 11 is 5.48. The number of rotatable bonds is 3. The molecular weight excluding hydrogens is 332 g/mol. The average Bonchev–Trinajstić information content (AvgIpc) is 2.87. The molecule has 2 nitrogen and oxygen atoms in total. The monoisotopic (exact) mass is 350 g/mol. The van der Waals surface area contributed by atoms with Gasteiger partial charge in [0, 0.05) is 14.9 Å². The Hall–Kier alpha value is -0.710. The lowest BCUT2D eigenvalue weighted by Crippen LogP contribution is -2.24. The van der Waals surface area contributed by atoms with Gasteiger partial charge in [-0.3, -0.25) is 0 Å². The van der Waals surface area contributed by atoms with Crippen LogP contribution in [0.2, 0.25) is 0 Å². The summed E-state index contributed by atoms with van der Waals surface area (Å²) in [5.41, 5.74) is 3.77. The minimum absolute atomic E-state index is 0.447. The van der Waals surface area contributed by atoms with E-state index in [0.717, 1.165) is 16.0 Å². The molecule has 3 rings (SSSR count). The maximum atomic E-state index is 4.93. The Kier molecular flexibility index (Phi) is 4.24. The lowest BCUT2D eigenvalue weighted by atomic mass is 9.97. The van der Waals surface area contributed by atoms with Gasteiger partial charge in [0.25, 0.3) is 0 Å². The second kappa shape index (κ2) is 5.96. The molecule has 1 aliphatic carbocycles. The van der Waals surface area contributed by atoms with Gasteiger partial charge in [-0.15, -0.1) is 11.3 Å². The quantitative estimate of drug-likeness (QED) is 0.854. The topological polar surface area (TPSA) is 24.9 Å². The number of aryl methyl sites for hydroxylation is 2. The van der Waals surface area contributed by atoms with Crippen molar-refractivity contribution in [3.05, 3.63) is 38.8 Å². The Bertz CT molecular complexity index is 621. The summed E-state index contributed by atoms with van der Waals surface area (Å²) in [5, 5.41) is 4.71. The molecule has 1 atom stereocenters. The second-order valence-electron chi connectivity index (χ2n) is 5.29. The van der Waals surface area contributed by atoms with E-state index in [0.29, 0.717) is 6.04 Å². The molecule has 0 radical (unpaired) electrons. The Labute approximate surface area is 132 Å². The maximum Gasteiger partial charge on any atom is 0.123 e. The largest absolute Gasteiger partial charge is 0.309 e. The van der Waals surface area contributed by atoms with Crippen LogP contribution in [-0.2, 0) is 6.42 Å². The molecule has 1 heterocycles. The maximum absolute atomic E-state index is 4.93. The summed E-state index contributed by atoms with van der Waals surface area (Å²) in [5.74, 6) is 0. The van der Waals surface area contributed by atoms with Crippen molar-refractivity contribution < 1.29 is 0 Å². The van der Waals surface area contributed by atoms with Crippen LogP contribution >= 0.6 is 27.3 Å². The highest BCUT2D eigenvalue weighted by atomic mass is 79.9. The number of benzene rings is 1. The molecule has 0 bridgehead atoms. The third-order valence-corrected chi connectivity index (χ3v) is 5.86. The number of aromatic nitrogens is 1. The van der Waals surface area contributed by atoms with Crippen molar-refractivity contribution >= 4 is 27.3 Å². The number of hydrogen-bond donors (Lipinski definition) is 1. The van der Waals surface area contributed by atoms with Gasteiger partial charge in [0.1, 0.15) is 5.01 Å². The summed E-state index contributed by atoms with van der Waals surface area (Å²) in [4.78, 5) is 6.39. The summed E-state index contributed by atoms with van der Waals surface area (Å²) in [6.07, 6.45) is 3.66. The van der Waals surface area contributed by atoms with Crippen molar-refractivity contribution in [2.24, 2.45) is 0 Å². The van der Waals surface area contributed by atoms with Gasteiger partial charge in [-0.1, -0.05) is 35.0 Å². The summed E-state index contributed by atoms with van der Waals surface area (Å²) in [7, 11) is 0. The number of thiazole rings is 1. The van der Waals surface area contributed by atoms with E-state index in [9.17, 15) is 0 Å². The van der Waals surface area contributed by atoms with Crippen LogP contribution in [0.4, 0.5) is 0 Å². The third kappa shape index (κ3) is 2.69. The molecule has 0 amide bonds. The van der Waals surface area contributed by atoms with Crippen molar-refractivity contribution in [3.8, 4) is 10.6 Å². The summed E-state index contributed by atoms with van der Waals surface area (Å²) < 4.78 is 1.16. The zero-order valence-electron chi connectivity index (χ0n) is 11.9. The highest BCUT2D eigenvalue weighted by Crippen LogP contribution is 2.37. The lowest BCUT2D eigenvalue weighted by Gasteiger charge is -2.21. The smallest absolute Gasteiger partial charge is 0.123 e. The molecule has 1 unspecified atom stereocenters. The number of nitrogens with zero attached hydrogens (tertiary/aromatic N) is 1. The van der Waals surface area contributed by atoms with Crippen molar-refractivity contribution in [1.82, 2.24) is 10.3 Å². The van der Waals surface area contributed by atoms with Gasteiger partial charge in [-0.05, 0) is 44.4 Å². The molecule has 20 heavy (non-hydrogen) atoms. The van der Waals surface area contributed by atoms with Gasteiger partial charge in [0.2, 0.25) is 0 Å². The third-order valence-electron chi connectivity index (χ3n) is 3.82. The van der Waals surface area contributed by atoms with E-state index in [4.69, 9.17) is 4.98 Å². The van der Waals surface area contributed by atoms with Crippen LogP contribution in [0.25, 0.3) is 10.6 Å². The van der Waals surface area contributed by atoms with Gasteiger partial charge < -0.3 is 5.32 Å². The molecule has 0 fully saturated rings. The van der Waals surface area contributed by atoms with E-state index in [1.54, 1.807) is 0 Å². The van der Waals surface area contributed by atoms with E-state index in [1.165, 1.54) is 41.0 Å². The molecule has 1 aliphatic rings. The second-order valence-corrected chi connectivity index (χ2v) is 7.23. The molecule has 0 aliphatic heterocycles. The number of fused-ring (bicyclic) bond motifs is 1. The first-order valence-corrected chi connectivity index (χ1v) is 8.79. The highest BCUT2D eigenvalue weighted by Gasteiger charge is 2.24. The molecule has 1 aromatic heterocycles. The zero-order valence-corrected chi connectivity index (χ0v) is 14.3. The molecule has 2 aromatic rings. The van der Waals surface area contributed by atoms with Gasteiger partial charge in [0.05, 0.1) is 11.7 Å². The standard InChI is InChI=1S/C16H19BrN2S/c1-3-18-13-5-4-6-14-15(13)19-16(20-14)11-8-7-10(2)12(17)9-11/h7-9,13,18H,3-6H2,1-2H3. The fraction of sp³-hybridized carbons (Fsp3) is 0.438. The van der Waals surface area contributed by atoms with Gasteiger partial charge in [-0.25, -0.2) is 4.98 Å². The van der Waals surface area contributed by atoms with Crippen LogP contribution in [0.1, 0.15) is 41.9 Å². The number of halogens is 1. The Balaban J connectivity index is 1.97. The van der Waals surface area contributed by atoms with E-state index in [-0.39, 0.29) is 0 Å². The normalized spacial score (nSPS) is 18.1. The SMILES string of the molecule is CCNC1CCCc2sc(-c3ccc(C)c(Br)c3)nc21. The van der Waals surface area contributed by atoms with Crippen molar-refractivity contribution in [1.29, 1.82) is 0 Å². The van der Waals surface area contributed by atoms with Crippen molar-refractivity contribution in [2.75, 3.05) is 6.54 Å². The first-order valence-electron chi connectivity index (χ1n) is 7.18. The molecule has 0 saturated heterocycles. The first kappa shape index (κ1) is 14.2. The predicted octanol–water partition coefficient (Wildman–Crippen LogP) is 4.87. The fourth-order valence-corrected chi connectivity index (χ4v) is 4.25. The Morgan fingerprint density at radius 1 is 1.45 bits per heavy atom. The first-order chi connectivity index (χ1) is 9.69. The molecule has 4 heteroatoms. The van der Waals surface area contributed by atoms with E-state index >= 15 is 0 Å². The summed E-state index contributed by atoms with van der Waals surface area (Å²) in [6.45, 7) is 5.29. The van der Waals surface area contributed by atoms with Crippen LogP contribution in [0.15, 0.2) is 22.7 Å². The van der Waals surface area contributed by atoms with Gasteiger partial charge in [0.15, 0.2) is 0 Å². The van der Waals surface area contributed by atoms with E-state index < -0.39 is 0 Å². The number of nitrogens with one attached hydrogen (secondary N) is 1. The minimum Gasteiger partial charge on any atom is -0.309 e. The van der Waals surface area contributed by atoms with Gasteiger partial charge >= 0.3 is 0 Å². The Morgan fingerprint density at radius 2 is 2.30 bits per heavy atom. The molecule has 1 aromatic carbocycles. The van der Waals surface area contributed by atoms with Gasteiger partial charge in [-0.2, -0.15) is 0 Å². The Morgan fingerprint density at radius 3 is 3.05 bits per heavy atom. The van der Waals surface area contributed by atoms with E-state index in [1.807, 2.05) is 11.3 Å². The van der Waals surface area contributed by atoms with Crippen LogP contribution in [-0.4, -0.2) is 11.5 Å². The number of hydrogen-bond acceptors (Lipinski definition) is 3. The summed E-state index contributed by atoms with van der Waals surface area (Å²) in [6, 6.07) is 6.96. The lowest BCUT2D eigenvalue weighted by molar-refractivity contribution is 0.465. The van der Waals surface area contributed by atoms with Crippen molar-refractivity contribution in [2.45, 2.75) is 39.2 Å². The average molecular weight is 351 g/mol. The molecule has 1 N–H and O–H groups in total. The molecule has 0 saturated carbocycles. The highest BCUT2D eigenvalue weighted by molar-refractivity contribution is 9.10.